The number of benzene rings is 2. The van der Waals surface area contributed by atoms with E-state index in [0.717, 1.165) is 18.4 Å². The molecule has 0 atom stereocenters. The highest BCUT2D eigenvalue weighted by Crippen LogP contribution is 2.17. The first-order valence-corrected chi connectivity index (χ1v) is 9.02. The number of hydrogen-bond acceptors (Lipinski definition) is 4. The zero-order valence-electron chi connectivity index (χ0n) is 16.0. The molecule has 0 bridgehead atoms. The van der Waals surface area contributed by atoms with Crippen molar-refractivity contribution in [1.29, 1.82) is 0 Å². The van der Waals surface area contributed by atoms with Crippen molar-refractivity contribution in [2.75, 3.05) is 18.7 Å². The molecule has 0 spiro atoms. The molecule has 2 aromatic carbocycles. The summed E-state index contributed by atoms with van der Waals surface area (Å²) in [5.41, 5.74) is 3.00. The molecular weight excluding hydrogens is 344 g/mol. The van der Waals surface area contributed by atoms with Crippen LogP contribution in [0.5, 0.6) is 5.75 Å². The Balaban J connectivity index is 1.88. The third kappa shape index (κ3) is 6.33. The third-order valence-corrected chi connectivity index (χ3v) is 4.08. The van der Waals surface area contributed by atoms with Gasteiger partial charge in [-0.1, -0.05) is 31.5 Å². The van der Waals surface area contributed by atoms with E-state index in [2.05, 4.69) is 10.6 Å². The maximum atomic E-state index is 12.2. The monoisotopic (exact) mass is 370 g/mol. The molecule has 0 fully saturated rings. The highest BCUT2D eigenvalue weighted by Gasteiger charge is 2.14. The van der Waals surface area contributed by atoms with Crippen LogP contribution in [0.25, 0.3) is 0 Å². The van der Waals surface area contributed by atoms with Crippen molar-refractivity contribution < 1.29 is 19.1 Å². The summed E-state index contributed by atoms with van der Waals surface area (Å²) in [6.07, 6.45) is 1.74. The SMILES string of the molecule is CCCCOC(=O)c1ccccc1NC(=O)NCOc1ccc(C)c(C)c1. The van der Waals surface area contributed by atoms with Gasteiger partial charge in [-0.2, -0.15) is 0 Å². The summed E-state index contributed by atoms with van der Waals surface area (Å²) in [4.78, 5) is 24.3. The second-order valence-corrected chi connectivity index (χ2v) is 6.20. The number of nitrogens with one attached hydrogen (secondary N) is 2. The number of para-hydroxylation sites is 1. The number of anilines is 1. The molecule has 2 rings (SSSR count). The largest absolute Gasteiger partial charge is 0.473 e. The zero-order chi connectivity index (χ0) is 19.6. The van der Waals surface area contributed by atoms with E-state index >= 15 is 0 Å². The molecular formula is C21H26N2O4. The number of aryl methyl sites for hydroxylation is 2. The topological polar surface area (TPSA) is 76.7 Å². The first-order chi connectivity index (χ1) is 13.0. The van der Waals surface area contributed by atoms with Gasteiger partial charge in [0.2, 0.25) is 0 Å². The van der Waals surface area contributed by atoms with Crippen molar-refractivity contribution >= 4 is 17.7 Å². The van der Waals surface area contributed by atoms with Crippen LogP contribution in [0.3, 0.4) is 0 Å². The standard InChI is InChI=1S/C21H26N2O4/c1-4-5-12-26-20(24)18-8-6-7-9-19(18)23-21(25)22-14-27-17-11-10-15(2)16(3)13-17/h6-11,13H,4-5,12,14H2,1-3H3,(H2,22,23,25). The lowest BCUT2D eigenvalue weighted by Gasteiger charge is -2.13. The van der Waals surface area contributed by atoms with Crippen LogP contribution in [-0.4, -0.2) is 25.3 Å². The van der Waals surface area contributed by atoms with Gasteiger partial charge in [0.1, 0.15) is 5.75 Å². The second kappa shape index (κ2) is 10.2. The number of ether oxygens (including phenoxy) is 2. The van der Waals surface area contributed by atoms with Gasteiger partial charge in [-0.3, -0.25) is 0 Å². The average molecular weight is 370 g/mol. The first-order valence-electron chi connectivity index (χ1n) is 9.02. The number of urea groups is 1. The molecule has 0 aliphatic carbocycles. The van der Waals surface area contributed by atoms with Gasteiger partial charge >= 0.3 is 12.0 Å². The summed E-state index contributed by atoms with van der Waals surface area (Å²) in [7, 11) is 0. The van der Waals surface area contributed by atoms with Crippen molar-refractivity contribution in [1.82, 2.24) is 5.32 Å². The fraction of sp³-hybridized carbons (Fsp3) is 0.333. The summed E-state index contributed by atoms with van der Waals surface area (Å²) < 4.78 is 10.7. The molecule has 0 aliphatic rings. The third-order valence-electron chi connectivity index (χ3n) is 4.08. The predicted octanol–water partition coefficient (Wildman–Crippen LogP) is 4.42. The molecule has 0 heterocycles. The smallest absolute Gasteiger partial charge is 0.340 e. The quantitative estimate of drug-likeness (QED) is 0.410. The predicted molar refractivity (Wildman–Crippen MR) is 105 cm³/mol. The number of esters is 1. The van der Waals surface area contributed by atoms with Crippen LogP contribution in [0.1, 0.15) is 41.3 Å². The van der Waals surface area contributed by atoms with E-state index in [1.54, 1.807) is 24.3 Å². The highest BCUT2D eigenvalue weighted by atomic mass is 16.5. The van der Waals surface area contributed by atoms with Crippen molar-refractivity contribution in [3.8, 4) is 5.75 Å². The Kier molecular flexibility index (Phi) is 7.67. The van der Waals surface area contributed by atoms with Gasteiger partial charge in [-0.25, -0.2) is 9.59 Å². The minimum Gasteiger partial charge on any atom is -0.473 e. The summed E-state index contributed by atoms with van der Waals surface area (Å²) in [6.45, 7) is 6.42. The van der Waals surface area contributed by atoms with E-state index in [4.69, 9.17) is 9.47 Å². The normalized spacial score (nSPS) is 10.2. The molecule has 0 aliphatic heterocycles. The van der Waals surface area contributed by atoms with Gasteiger partial charge in [0.25, 0.3) is 0 Å². The van der Waals surface area contributed by atoms with E-state index in [0.29, 0.717) is 23.6 Å². The molecule has 0 aromatic heterocycles. The first kappa shape index (κ1) is 20.3. The molecule has 0 radical (unpaired) electrons. The van der Waals surface area contributed by atoms with Gasteiger partial charge in [-0.15, -0.1) is 0 Å². The molecule has 144 valence electrons. The van der Waals surface area contributed by atoms with Crippen LogP contribution >= 0.6 is 0 Å². The molecule has 2 aromatic rings. The molecule has 6 heteroatoms. The van der Waals surface area contributed by atoms with Gasteiger partial charge in [0.15, 0.2) is 6.73 Å². The average Bonchev–Trinajstić information content (AvgIpc) is 2.65. The molecule has 0 saturated heterocycles. The molecule has 6 nitrogen and oxygen atoms in total. The molecule has 0 saturated carbocycles. The van der Waals surface area contributed by atoms with Gasteiger partial charge < -0.3 is 20.1 Å². The lowest BCUT2D eigenvalue weighted by Crippen LogP contribution is -2.32. The maximum Gasteiger partial charge on any atom is 0.340 e. The van der Waals surface area contributed by atoms with Crippen LogP contribution < -0.4 is 15.4 Å². The molecule has 2 N–H and O–H groups in total. The van der Waals surface area contributed by atoms with Crippen LogP contribution in [0.15, 0.2) is 42.5 Å². The maximum absolute atomic E-state index is 12.2. The van der Waals surface area contributed by atoms with Crippen molar-refractivity contribution in [2.45, 2.75) is 33.6 Å². The van der Waals surface area contributed by atoms with Crippen LogP contribution in [0.4, 0.5) is 10.5 Å². The Bertz CT molecular complexity index is 790. The van der Waals surface area contributed by atoms with Crippen molar-refractivity contribution in [3.05, 3.63) is 59.2 Å². The Morgan fingerprint density at radius 1 is 1.04 bits per heavy atom. The number of hydrogen-bond donors (Lipinski definition) is 2. The van der Waals surface area contributed by atoms with Crippen molar-refractivity contribution in [3.63, 3.8) is 0 Å². The lowest BCUT2D eigenvalue weighted by atomic mass is 10.1. The molecule has 2 amide bonds. The molecule has 27 heavy (non-hydrogen) atoms. The summed E-state index contributed by atoms with van der Waals surface area (Å²) in [6, 6.07) is 12.0. The summed E-state index contributed by atoms with van der Waals surface area (Å²) in [5.74, 6) is 0.226. The minimum atomic E-state index is -0.465. The van der Waals surface area contributed by atoms with Gasteiger partial charge in [-0.05, 0) is 55.7 Å². The van der Waals surface area contributed by atoms with E-state index in [1.807, 2.05) is 39.0 Å². The van der Waals surface area contributed by atoms with E-state index < -0.39 is 12.0 Å². The van der Waals surface area contributed by atoms with Gasteiger partial charge in [0, 0.05) is 0 Å². The minimum absolute atomic E-state index is 0.0114. The van der Waals surface area contributed by atoms with E-state index in [-0.39, 0.29) is 6.73 Å². The highest BCUT2D eigenvalue weighted by molar-refractivity contribution is 6.00. The number of amides is 2. The lowest BCUT2D eigenvalue weighted by molar-refractivity contribution is 0.0501. The van der Waals surface area contributed by atoms with Crippen LogP contribution in [0, 0.1) is 13.8 Å². The zero-order valence-corrected chi connectivity index (χ0v) is 16.0. The van der Waals surface area contributed by atoms with E-state index in [9.17, 15) is 9.59 Å². The van der Waals surface area contributed by atoms with Crippen LogP contribution in [0.2, 0.25) is 0 Å². The fourth-order valence-corrected chi connectivity index (χ4v) is 2.31. The van der Waals surface area contributed by atoms with Gasteiger partial charge in [0.05, 0.1) is 17.9 Å². The molecule has 0 unspecified atom stereocenters. The Morgan fingerprint density at radius 3 is 2.56 bits per heavy atom. The summed E-state index contributed by atoms with van der Waals surface area (Å²) in [5, 5.41) is 5.27. The second-order valence-electron chi connectivity index (χ2n) is 6.20. The Hall–Kier alpha value is -3.02. The number of carbonyl (C=O) groups is 2. The fourth-order valence-electron chi connectivity index (χ4n) is 2.31. The van der Waals surface area contributed by atoms with Crippen molar-refractivity contribution in [2.24, 2.45) is 0 Å². The number of rotatable bonds is 8. The summed E-state index contributed by atoms with van der Waals surface area (Å²) >= 11 is 0. The number of unbranched alkanes of at least 4 members (excludes halogenated alkanes) is 1. The Labute approximate surface area is 159 Å². The van der Waals surface area contributed by atoms with E-state index in [1.165, 1.54) is 5.56 Å². The Morgan fingerprint density at radius 2 is 1.81 bits per heavy atom. The van der Waals surface area contributed by atoms with Crippen LogP contribution in [-0.2, 0) is 4.74 Å². The number of carbonyl (C=O) groups excluding carboxylic acids is 2.